The van der Waals surface area contributed by atoms with Crippen LogP contribution < -0.4 is 0 Å². The normalized spacial score (nSPS) is 14.2. The first-order valence-corrected chi connectivity index (χ1v) is 6.43. The molecule has 2 rings (SSSR count). The van der Waals surface area contributed by atoms with E-state index in [1.54, 1.807) is 17.0 Å². The van der Waals surface area contributed by atoms with Gasteiger partial charge in [0.2, 0.25) is 0 Å². The van der Waals surface area contributed by atoms with Crippen LogP contribution in [0.5, 0.6) is 5.75 Å². The number of aromatic hydroxyl groups is 1. The summed E-state index contributed by atoms with van der Waals surface area (Å²) in [7, 11) is 0. The van der Waals surface area contributed by atoms with Crippen molar-refractivity contribution in [3.8, 4) is 5.75 Å². The van der Waals surface area contributed by atoms with Crippen molar-refractivity contribution in [2.45, 2.75) is 32.7 Å². The zero-order valence-corrected chi connectivity index (χ0v) is 10.7. The third kappa shape index (κ3) is 2.94. The summed E-state index contributed by atoms with van der Waals surface area (Å²) < 4.78 is 5.19. The minimum absolute atomic E-state index is 0.245. The molecule has 18 heavy (non-hydrogen) atoms. The van der Waals surface area contributed by atoms with E-state index in [4.69, 9.17) is 4.74 Å². The van der Waals surface area contributed by atoms with Crippen molar-refractivity contribution in [1.29, 1.82) is 0 Å². The average Bonchev–Trinajstić information content (AvgIpc) is 2.38. The number of hydrogen-bond donors (Lipinski definition) is 1. The number of phenolic OH excluding ortho intramolecular Hbond substituents is 1. The molecule has 98 valence electrons. The van der Waals surface area contributed by atoms with Gasteiger partial charge in [0.15, 0.2) is 0 Å². The van der Waals surface area contributed by atoms with Crippen LogP contribution >= 0.6 is 0 Å². The van der Waals surface area contributed by atoms with Crippen LogP contribution in [-0.2, 0) is 17.7 Å². The van der Waals surface area contributed by atoms with Crippen molar-refractivity contribution in [3.63, 3.8) is 0 Å². The van der Waals surface area contributed by atoms with Crippen molar-refractivity contribution >= 4 is 6.09 Å². The summed E-state index contributed by atoms with van der Waals surface area (Å²) in [4.78, 5) is 13.5. The van der Waals surface area contributed by atoms with Gasteiger partial charge in [-0.05, 0) is 36.1 Å². The highest BCUT2D eigenvalue weighted by molar-refractivity contribution is 5.68. The zero-order valence-electron chi connectivity index (χ0n) is 10.7. The van der Waals surface area contributed by atoms with Crippen molar-refractivity contribution in [3.05, 3.63) is 29.3 Å². The number of nitrogens with zero attached hydrogens (tertiary/aromatic N) is 1. The maximum atomic E-state index is 11.8. The van der Waals surface area contributed by atoms with Gasteiger partial charge in [-0.15, -0.1) is 0 Å². The summed E-state index contributed by atoms with van der Waals surface area (Å²) >= 11 is 0. The Balaban J connectivity index is 1.96. The van der Waals surface area contributed by atoms with E-state index in [0.717, 1.165) is 24.8 Å². The van der Waals surface area contributed by atoms with Crippen LogP contribution in [0.25, 0.3) is 0 Å². The summed E-state index contributed by atoms with van der Waals surface area (Å²) in [5, 5.41) is 9.45. The Morgan fingerprint density at radius 1 is 1.44 bits per heavy atom. The Labute approximate surface area is 107 Å². The van der Waals surface area contributed by atoms with Crippen molar-refractivity contribution in [2.24, 2.45) is 0 Å². The summed E-state index contributed by atoms with van der Waals surface area (Å²) in [6.45, 7) is 3.75. The first kappa shape index (κ1) is 12.7. The molecule has 1 amide bonds. The molecule has 0 saturated heterocycles. The van der Waals surface area contributed by atoms with E-state index in [0.29, 0.717) is 19.7 Å². The molecular formula is C14H19NO3. The summed E-state index contributed by atoms with van der Waals surface area (Å²) in [6, 6.07) is 5.33. The number of phenols is 1. The first-order valence-electron chi connectivity index (χ1n) is 6.43. The van der Waals surface area contributed by atoms with Gasteiger partial charge < -0.3 is 14.7 Å². The smallest absolute Gasteiger partial charge is 0.410 e. The molecule has 1 N–H and O–H groups in total. The molecule has 0 unspecified atom stereocenters. The van der Waals surface area contributed by atoms with E-state index in [1.807, 2.05) is 6.07 Å². The van der Waals surface area contributed by atoms with Crippen LogP contribution in [0.15, 0.2) is 18.2 Å². The van der Waals surface area contributed by atoms with Crippen LogP contribution in [-0.4, -0.2) is 29.3 Å². The summed E-state index contributed by atoms with van der Waals surface area (Å²) in [5.74, 6) is 0.245. The van der Waals surface area contributed by atoms with Crippen molar-refractivity contribution in [2.75, 3.05) is 13.2 Å². The third-order valence-corrected chi connectivity index (χ3v) is 3.18. The largest absolute Gasteiger partial charge is 0.508 e. The number of rotatable bonds is 3. The minimum Gasteiger partial charge on any atom is -0.508 e. The van der Waals surface area contributed by atoms with Crippen molar-refractivity contribution < 1.29 is 14.6 Å². The molecule has 0 bridgehead atoms. The lowest BCUT2D eigenvalue weighted by atomic mass is 10.00. The standard InChI is InChI=1S/C14H19NO3/c1-2-3-8-18-14(17)15-7-6-11-4-5-13(16)9-12(11)10-15/h4-5,9,16H,2-3,6-8,10H2,1H3. The van der Waals surface area contributed by atoms with Gasteiger partial charge in [-0.3, -0.25) is 0 Å². The molecule has 0 atom stereocenters. The minimum atomic E-state index is -0.252. The molecule has 0 radical (unpaired) electrons. The number of carbonyl (C=O) groups excluding carboxylic acids is 1. The second-order valence-corrected chi connectivity index (χ2v) is 4.59. The fraction of sp³-hybridized carbons (Fsp3) is 0.500. The molecule has 1 aliphatic heterocycles. The highest BCUT2D eigenvalue weighted by Crippen LogP contribution is 2.23. The lowest BCUT2D eigenvalue weighted by Crippen LogP contribution is -2.36. The Morgan fingerprint density at radius 3 is 3.06 bits per heavy atom. The quantitative estimate of drug-likeness (QED) is 0.838. The fourth-order valence-corrected chi connectivity index (χ4v) is 2.09. The maximum Gasteiger partial charge on any atom is 0.410 e. The third-order valence-electron chi connectivity index (χ3n) is 3.18. The Morgan fingerprint density at radius 2 is 2.28 bits per heavy atom. The molecule has 0 fully saturated rings. The predicted octanol–water partition coefficient (Wildman–Crippen LogP) is 2.69. The molecule has 0 aromatic heterocycles. The number of amides is 1. The van der Waals surface area contributed by atoms with Gasteiger partial charge in [-0.1, -0.05) is 19.4 Å². The topological polar surface area (TPSA) is 49.8 Å². The number of carbonyl (C=O) groups is 1. The van der Waals surface area contributed by atoms with Crippen LogP contribution in [0.1, 0.15) is 30.9 Å². The molecule has 1 aromatic rings. The SMILES string of the molecule is CCCCOC(=O)N1CCc2ccc(O)cc2C1. The number of fused-ring (bicyclic) bond motifs is 1. The number of unbranched alkanes of at least 4 members (excludes halogenated alkanes) is 1. The van der Waals surface area contributed by atoms with Gasteiger partial charge in [0.1, 0.15) is 5.75 Å². The average molecular weight is 249 g/mol. The fourth-order valence-electron chi connectivity index (χ4n) is 2.09. The molecule has 0 aliphatic carbocycles. The Bertz CT molecular complexity index is 431. The van der Waals surface area contributed by atoms with Crippen LogP contribution in [0, 0.1) is 0 Å². The summed E-state index contributed by atoms with van der Waals surface area (Å²) in [5.41, 5.74) is 2.21. The van der Waals surface area contributed by atoms with Gasteiger partial charge in [-0.2, -0.15) is 0 Å². The second kappa shape index (κ2) is 5.76. The number of ether oxygens (including phenoxy) is 1. The molecule has 4 heteroatoms. The molecule has 1 aromatic carbocycles. The van der Waals surface area contributed by atoms with Crippen LogP contribution in [0.3, 0.4) is 0 Å². The van der Waals surface area contributed by atoms with Gasteiger partial charge in [-0.25, -0.2) is 4.79 Å². The lowest BCUT2D eigenvalue weighted by molar-refractivity contribution is 0.0966. The first-order chi connectivity index (χ1) is 8.70. The molecular weight excluding hydrogens is 230 g/mol. The molecule has 4 nitrogen and oxygen atoms in total. The van der Waals surface area contributed by atoms with Gasteiger partial charge >= 0.3 is 6.09 Å². The van der Waals surface area contributed by atoms with Gasteiger partial charge in [0, 0.05) is 13.1 Å². The van der Waals surface area contributed by atoms with Crippen LogP contribution in [0.2, 0.25) is 0 Å². The van der Waals surface area contributed by atoms with E-state index in [2.05, 4.69) is 6.92 Å². The number of hydrogen-bond acceptors (Lipinski definition) is 3. The number of benzene rings is 1. The predicted molar refractivity (Wildman–Crippen MR) is 68.5 cm³/mol. The van der Waals surface area contributed by atoms with E-state index >= 15 is 0 Å². The molecule has 0 spiro atoms. The van der Waals surface area contributed by atoms with E-state index in [1.165, 1.54) is 5.56 Å². The van der Waals surface area contributed by atoms with E-state index in [9.17, 15) is 9.90 Å². The zero-order chi connectivity index (χ0) is 13.0. The van der Waals surface area contributed by atoms with E-state index in [-0.39, 0.29) is 11.8 Å². The molecule has 0 saturated carbocycles. The second-order valence-electron chi connectivity index (χ2n) is 4.59. The molecule has 1 aliphatic rings. The maximum absolute atomic E-state index is 11.8. The molecule has 1 heterocycles. The Hall–Kier alpha value is -1.71. The summed E-state index contributed by atoms with van der Waals surface area (Å²) in [6.07, 6.45) is 2.48. The van der Waals surface area contributed by atoms with Crippen molar-refractivity contribution in [1.82, 2.24) is 4.90 Å². The highest BCUT2D eigenvalue weighted by atomic mass is 16.6. The van der Waals surface area contributed by atoms with Crippen LogP contribution in [0.4, 0.5) is 4.79 Å². The van der Waals surface area contributed by atoms with Gasteiger partial charge in [0.05, 0.1) is 6.61 Å². The lowest BCUT2D eigenvalue weighted by Gasteiger charge is -2.28. The van der Waals surface area contributed by atoms with E-state index < -0.39 is 0 Å². The Kier molecular flexibility index (Phi) is 4.07. The monoisotopic (exact) mass is 249 g/mol. The van der Waals surface area contributed by atoms with Gasteiger partial charge in [0.25, 0.3) is 0 Å². The highest BCUT2D eigenvalue weighted by Gasteiger charge is 2.21.